The molecule has 5 aromatic rings. The van der Waals surface area contributed by atoms with Crippen LogP contribution in [0.4, 0.5) is 15.3 Å². The van der Waals surface area contributed by atoms with Gasteiger partial charge in [0.25, 0.3) is 0 Å². The maximum absolute atomic E-state index is 15.2. The normalized spacial score (nSPS) is 20.0. The predicted octanol–water partition coefficient (Wildman–Crippen LogP) is 0.0174. The van der Waals surface area contributed by atoms with Gasteiger partial charge < -0.3 is 101 Å². The minimum atomic E-state index is -1.74. The lowest BCUT2D eigenvalue weighted by Crippen LogP contribution is -2.62. The lowest BCUT2D eigenvalue weighted by atomic mass is 10.0. The summed E-state index contributed by atoms with van der Waals surface area (Å²) in [5.74, 6) is -8.35. The molecule has 1 aromatic heterocycles. The third-order valence-corrected chi connectivity index (χ3v) is 18.7. The van der Waals surface area contributed by atoms with Crippen molar-refractivity contribution < 1.29 is 72.8 Å². The fourth-order valence-electron chi connectivity index (χ4n) is 10.4. The van der Waals surface area contributed by atoms with Gasteiger partial charge >= 0.3 is 12.1 Å². The van der Waals surface area contributed by atoms with Gasteiger partial charge in [-0.3, -0.25) is 43.2 Å². The van der Waals surface area contributed by atoms with Crippen LogP contribution in [0.3, 0.4) is 0 Å². The Morgan fingerprint density at radius 3 is 1.90 bits per heavy atom. The van der Waals surface area contributed by atoms with Gasteiger partial charge in [-0.25, -0.2) is 9.59 Å². The first-order valence-corrected chi connectivity index (χ1v) is 35.4. The van der Waals surface area contributed by atoms with E-state index >= 15 is 9.59 Å². The fourth-order valence-corrected chi connectivity index (χ4v) is 12.8. The zero-order chi connectivity index (χ0) is 72.8. The molecule has 0 saturated carbocycles. The minimum absolute atomic E-state index is 0.0243. The number of aliphatic hydroxyl groups is 3. The summed E-state index contributed by atoms with van der Waals surface area (Å²) in [5.41, 5.74) is 20.3. The smallest absolute Gasteiger partial charge is 0.408 e. The van der Waals surface area contributed by atoms with Crippen molar-refractivity contribution in [2.45, 2.75) is 158 Å². The van der Waals surface area contributed by atoms with Gasteiger partial charge in [-0.15, -0.1) is 0 Å². The second-order valence-electron chi connectivity index (χ2n) is 24.6. The molecular formula is C68H93N15O15S2. The van der Waals surface area contributed by atoms with Crippen LogP contribution < -0.4 is 75.7 Å². The standard InChI is InChI=1S/C68H93N15O15S2/c1-38(2)56(70)65(94)76-49(23-15-29-72-67(71)96)58(87)74-45-26-24-43(25-27-45)35-98-68(97)82-51(31-42-18-9-6-10-19-42)61(90)80-54-36-99-100-37-55(64(93)79-53(34-84)39(3)85)81-66(95)57(40(4)86)83-59(88)48(22-13-14-28-69)75-62(91)52(32-44-33-73-47-21-12-11-20-46(44)47)78-60(89)50(77-63(54)92)30-41-16-7-5-8-17-41/h5-12,16-21,24-27,33,38-40,48-57,73,84-86H,13-15,22-23,28-32,34-37,69-70H2,1-4H3,(H,74,87)(H,75,91)(H,76,94)(H,77,92)(H,78,89)(H,79,93)(H,80,90)(H,81,95)(H,82,97)(H,83,88)(H3,71,72,96)/t39-,40-,48+,49+,50+,51-,52-,53-,54+,55+,56+,57?/m1/s1. The molecule has 1 unspecified atom stereocenters. The lowest BCUT2D eigenvalue weighted by molar-refractivity contribution is -0.136. The molecule has 1 aliphatic rings. The number of aliphatic hydroxyl groups excluding tert-OH is 3. The average molecular weight is 1420 g/mol. The first kappa shape index (κ1) is 79.7. The van der Waals surface area contributed by atoms with E-state index in [2.05, 4.69) is 63.5 Å². The molecule has 100 heavy (non-hydrogen) atoms. The molecule has 542 valence electrons. The van der Waals surface area contributed by atoms with Gasteiger partial charge in [-0.2, -0.15) is 0 Å². The van der Waals surface area contributed by atoms with E-state index in [1.165, 1.54) is 26.0 Å². The molecule has 1 aliphatic heterocycles. The Morgan fingerprint density at radius 1 is 0.640 bits per heavy atom. The van der Waals surface area contributed by atoms with Gasteiger partial charge in [0.1, 0.15) is 54.9 Å². The van der Waals surface area contributed by atoms with Gasteiger partial charge in [0.2, 0.25) is 53.2 Å². The summed E-state index contributed by atoms with van der Waals surface area (Å²) in [6.45, 7) is 5.38. The van der Waals surface area contributed by atoms with Gasteiger partial charge in [0, 0.05) is 60.1 Å². The third-order valence-electron chi connectivity index (χ3n) is 16.3. The first-order chi connectivity index (χ1) is 47.8. The number of aromatic nitrogens is 1. The van der Waals surface area contributed by atoms with Crippen LogP contribution in [0.15, 0.2) is 115 Å². The molecule has 0 radical (unpaired) electrons. The Morgan fingerprint density at radius 2 is 1.26 bits per heavy atom. The fraction of sp³-hybridized carbons (Fsp3) is 0.456. The molecule has 0 bridgehead atoms. The summed E-state index contributed by atoms with van der Waals surface area (Å²) in [4.78, 5) is 158. The van der Waals surface area contributed by atoms with Crippen LogP contribution >= 0.6 is 21.6 Å². The third kappa shape index (κ3) is 25.8. The summed E-state index contributed by atoms with van der Waals surface area (Å²) in [6, 6.07) is 16.2. The van der Waals surface area contributed by atoms with Gasteiger partial charge in [-0.1, -0.05) is 126 Å². The summed E-state index contributed by atoms with van der Waals surface area (Å²) in [6.07, 6.45) is -1.61. The molecule has 1 saturated heterocycles. The number of unbranched alkanes of at least 4 members (excludes halogenated alkanes) is 1. The number of ether oxygens (including phenoxy) is 1. The number of alkyl carbamates (subject to hydrolysis) is 1. The maximum atomic E-state index is 15.2. The van der Waals surface area contributed by atoms with Gasteiger partial charge in [0.15, 0.2) is 0 Å². The lowest BCUT2D eigenvalue weighted by Gasteiger charge is -2.29. The number of aromatic amines is 1. The summed E-state index contributed by atoms with van der Waals surface area (Å²) < 4.78 is 5.62. The van der Waals surface area contributed by atoms with Crippen LogP contribution in [0.1, 0.15) is 82.1 Å². The Balaban J connectivity index is 1.32. The molecule has 4 aromatic carbocycles. The number of carbonyl (C=O) groups is 11. The highest BCUT2D eigenvalue weighted by atomic mass is 33.1. The summed E-state index contributed by atoms with van der Waals surface area (Å²) in [5, 5.41) is 61.5. The number of amides is 12. The second-order valence-corrected chi connectivity index (χ2v) is 27.1. The summed E-state index contributed by atoms with van der Waals surface area (Å²) >= 11 is 0. The van der Waals surface area contributed by atoms with Crippen molar-refractivity contribution in [3.8, 4) is 0 Å². The van der Waals surface area contributed by atoms with Crippen molar-refractivity contribution in [2.24, 2.45) is 23.1 Å². The van der Waals surface area contributed by atoms with Crippen molar-refractivity contribution in [2.75, 3.05) is 36.5 Å². The molecule has 12 atom stereocenters. The topological polar surface area (TPSA) is 484 Å². The molecule has 0 aliphatic carbocycles. The van der Waals surface area contributed by atoms with Crippen LogP contribution in [0.5, 0.6) is 0 Å². The van der Waals surface area contributed by atoms with E-state index in [0.29, 0.717) is 51.7 Å². The van der Waals surface area contributed by atoms with Crippen LogP contribution in [-0.2, 0) is 73.8 Å². The van der Waals surface area contributed by atoms with Crippen LogP contribution in [0.2, 0.25) is 0 Å². The number of carbonyl (C=O) groups excluding carboxylic acids is 11. The number of anilines is 1. The Hall–Kier alpha value is -9.31. The molecule has 1 fully saturated rings. The van der Waals surface area contributed by atoms with E-state index in [1.807, 2.05) is 18.2 Å². The van der Waals surface area contributed by atoms with E-state index in [0.717, 1.165) is 21.6 Å². The van der Waals surface area contributed by atoms with E-state index in [4.69, 9.17) is 21.9 Å². The van der Waals surface area contributed by atoms with E-state index < -0.39 is 145 Å². The highest BCUT2D eigenvalue weighted by Gasteiger charge is 2.37. The molecule has 2 heterocycles. The number of rotatable bonds is 29. The highest BCUT2D eigenvalue weighted by molar-refractivity contribution is 8.76. The van der Waals surface area contributed by atoms with Gasteiger partial charge in [0.05, 0.1) is 30.9 Å². The number of hydrogen-bond donors (Lipinski definition) is 18. The zero-order valence-corrected chi connectivity index (χ0v) is 57.8. The quantitative estimate of drug-likeness (QED) is 0.0222. The molecule has 0 spiro atoms. The number of fused-ring (bicyclic) bond motifs is 1. The number of primary amides is 1. The van der Waals surface area contributed by atoms with Crippen molar-refractivity contribution in [1.29, 1.82) is 0 Å². The number of nitrogens with two attached hydrogens (primary N) is 3. The SMILES string of the molecule is CC(C)[C@H](N)C(=O)N[C@@H](CCCNC(N)=O)C(=O)Nc1ccc(COC(=O)N[C@H](Cc2ccccc2)C(=O)N[C@H]2CSSC[C@@H](C(=O)N[C@H](CO)[C@@H](C)O)NC(=O)C([C@@H](C)O)NC(=O)[C@H](CCCCN)NC(=O)[C@@H](Cc3c[nH]c4ccccc34)NC(=O)[C@H](Cc3ccccc3)NC2=O)cc1. The molecular weight excluding hydrogens is 1330 g/mol. The maximum Gasteiger partial charge on any atom is 0.408 e. The molecule has 21 N–H and O–H groups in total. The largest absolute Gasteiger partial charge is 0.445 e. The Kier molecular flexibility index (Phi) is 32.4. The number of hydrogen-bond acceptors (Lipinski definition) is 19. The monoisotopic (exact) mass is 1420 g/mol. The van der Waals surface area contributed by atoms with Crippen molar-refractivity contribution >= 4 is 103 Å². The van der Waals surface area contributed by atoms with Crippen LogP contribution in [0.25, 0.3) is 10.9 Å². The second kappa shape index (κ2) is 40.7. The average Bonchev–Trinajstić information content (AvgIpc) is 1.55. The molecule has 12 amide bonds. The molecule has 30 nitrogen and oxygen atoms in total. The number of urea groups is 1. The summed E-state index contributed by atoms with van der Waals surface area (Å²) in [7, 11) is 1.87. The molecule has 32 heteroatoms. The van der Waals surface area contributed by atoms with Crippen molar-refractivity contribution in [3.63, 3.8) is 0 Å². The minimum Gasteiger partial charge on any atom is -0.445 e. The van der Waals surface area contributed by atoms with Gasteiger partial charge in [-0.05, 0) is 98.9 Å². The van der Waals surface area contributed by atoms with E-state index in [-0.39, 0.29) is 75.6 Å². The van der Waals surface area contributed by atoms with Crippen LogP contribution in [0, 0.1) is 5.92 Å². The number of H-pyrrole nitrogens is 1. The number of benzene rings is 4. The first-order valence-electron chi connectivity index (χ1n) is 32.9. The van der Waals surface area contributed by atoms with Crippen LogP contribution in [-0.4, -0.2) is 189 Å². The molecule has 6 rings (SSSR count). The Bertz CT molecular complexity index is 3540. The van der Waals surface area contributed by atoms with E-state index in [9.17, 15) is 58.5 Å². The Labute approximate surface area is 587 Å². The van der Waals surface area contributed by atoms with E-state index in [1.54, 1.807) is 98.9 Å². The highest BCUT2D eigenvalue weighted by Crippen LogP contribution is 2.25. The number of para-hydroxylation sites is 1. The zero-order valence-electron chi connectivity index (χ0n) is 56.2. The van der Waals surface area contributed by atoms with Crippen molar-refractivity contribution in [3.05, 3.63) is 138 Å². The number of nitrogens with one attached hydrogen (secondary N) is 12. The van der Waals surface area contributed by atoms with Crippen molar-refractivity contribution in [1.82, 2.24) is 58.2 Å². The predicted molar refractivity (Wildman–Crippen MR) is 378 cm³/mol.